The van der Waals surface area contributed by atoms with Gasteiger partial charge in [-0.2, -0.15) is 0 Å². The quantitative estimate of drug-likeness (QED) is 0.213. The van der Waals surface area contributed by atoms with Crippen LogP contribution in [0.4, 0.5) is 0 Å². The smallest absolute Gasteiger partial charge is 0.115 e. The molecule has 184 valence electrons. The number of rotatable bonds is 20. The second-order valence-electron chi connectivity index (χ2n) is 8.84. The van der Waals surface area contributed by atoms with Crippen molar-refractivity contribution in [3.63, 3.8) is 0 Å². The molecule has 5 aliphatic rings. The van der Waals surface area contributed by atoms with Crippen LogP contribution in [0.25, 0.3) is 0 Å². The monoisotopic (exact) mass is 462 g/mol. The van der Waals surface area contributed by atoms with Crippen LogP contribution in [0.15, 0.2) is 0 Å². The van der Waals surface area contributed by atoms with Crippen LogP contribution >= 0.6 is 0 Å². The summed E-state index contributed by atoms with van der Waals surface area (Å²) in [5, 5.41) is 10.2. The van der Waals surface area contributed by atoms with E-state index in [0.29, 0.717) is 66.1 Å². The summed E-state index contributed by atoms with van der Waals surface area (Å²) < 4.78 is 57.0. The minimum Gasteiger partial charge on any atom is -0.394 e. The molecule has 1 N–H and O–H groups in total. The van der Waals surface area contributed by atoms with Crippen molar-refractivity contribution in [1.82, 2.24) is 0 Å². The van der Waals surface area contributed by atoms with Gasteiger partial charge >= 0.3 is 0 Å². The Morgan fingerprint density at radius 1 is 0.562 bits per heavy atom. The molecule has 11 heteroatoms. The summed E-state index contributed by atoms with van der Waals surface area (Å²) in [5.74, 6) is 0. The van der Waals surface area contributed by atoms with E-state index in [4.69, 9.17) is 47.4 Å². The third-order valence-electron chi connectivity index (χ3n) is 5.78. The fraction of sp³-hybridized carbons (Fsp3) is 1.00. The maximum absolute atomic E-state index is 10.2. The van der Waals surface area contributed by atoms with Gasteiger partial charge in [0, 0.05) is 0 Å². The van der Waals surface area contributed by atoms with E-state index in [1.807, 2.05) is 0 Å². The van der Waals surface area contributed by atoms with Crippen molar-refractivity contribution >= 4 is 0 Å². The SMILES string of the molecule is OCC(OCC1CO1)C(OCC1CO1)C(OCC1CO1)C(COCC1CO1)OCC1CO1. The molecule has 9 atom stereocenters. The molecule has 0 spiro atoms. The summed E-state index contributed by atoms with van der Waals surface area (Å²) in [7, 11) is 0. The minimum atomic E-state index is -0.613. The fourth-order valence-electron chi connectivity index (χ4n) is 3.35. The first-order valence-corrected chi connectivity index (χ1v) is 11.5. The van der Waals surface area contributed by atoms with Crippen LogP contribution < -0.4 is 0 Å². The van der Waals surface area contributed by atoms with Crippen LogP contribution in [0, 0.1) is 0 Å². The Kier molecular flexibility index (Phi) is 8.25. The molecular weight excluding hydrogens is 428 g/mol. The van der Waals surface area contributed by atoms with Crippen LogP contribution in [-0.4, -0.2) is 139 Å². The third-order valence-corrected chi connectivity index (χ3v) is 5.78. The molecule has 0 saturated carbocycles. The fourth-order valence-corrected chi connectivity index (χ4v) is 3.35. The van der Waals surface area contributed by atoms with Crippen molar-refractivity contribution in [3.8, 4) is 0 Å². The van der Waals surface area contributed by atoms with Gasteiger partial charge in [-0.05, 0) is 0 Å². The molecule has 0 aromatic heterocycles. The molecule has 9 unspecified atom stereocenters. The van der Waals surface area contributed by atoms with E-state index in [-0.39, 0.29) is 37.1 Å². The van der Waals surface area contributed by atoms with E-state index in [2.05, 4.69) is 0 Å². The number of ether oxygens (including phenoxy) is 10. The highest BCUT2D eigenvalue weighted by atomic mass is 16.7. The van der Waals surface area contributed by atoms with Crippen LogP contribution in [-0.2, 0) is 47.4 Å². The molecule has 0 aromatic rings. The van der Waals surface area contributed by atoms with Gasteiger partial charge < -0.3 is 52.5 Å². The van der Waals surface area contributed by atoms with E-state index in [1.165, 1.54) is 0 Å². The molecule has 5 rings (SSSR count). The Labute approximate surface area is 187 Å². The molecular formula is C21H34O11. The summed E-state index contributed by atoms with van der Waals surface area (Å²) in [6.45, 7) is 5.60. The van der Waals surface area contributed by atoms with Crippen LogP contribution in [0.5, 0.6) is 0 Å². The standard InChI is InChI=1S/C21H34O11/c22-1-18(29-8-14-4-25-14)20(31-10-16-6-27-16)21(32-11-17-7-28-17)19(30-9-15-5-26-15)12-23-2-13-3-24-13/h13-22H,1-12H2. The summed E-state index contributed by atoms with van der Waals surface area (Å²) >= 11 is 0. The van der Waals surface area contributed by atoms with E-state index < -0.39 is 24.4 Å². The summed E-state index contributed by atoms with van der Waals surface area (Å²) in [5.41, 5.74) is 0. The maximum Gasteiger partial charge on any atom is 0.115 e. The first-order chi connectivity index (χ1) is 15.8. The van der Waals surface area contributed by atoms with E-state index in [1.54, 1.807) is 0 Å². The van der Waals surface area contributed by atoms with Gasteiger partial charge in [-0.3, -0.25) is 0 Å². The molecule has 5 heterocycles. The zero-order valence-corrected chi connectivity index (χ0v) is 18.2. The lowest BCUT2D eigenvalue weighted by atomic mass is 10.0. The predicted molar refractivity (Wildman–Crippen MR) is 106 cm³/mol. The molecule has 32 heavy (non-hydrogen) atoms. The molecule has 5 saturated heterocycles. The average Bonchev–Trinajstić information content (AvgIpc) is 3.63. The first-order valence-electron chi connectivity index (χ1n) is 11.5. The molecule has 11 nitrogen and oxygen atoms in total. The number of aliphatic hydroxyl groups is 1. The van der Waals surface area contributed by atoms with E-state index >= 15 is 0 Å². The molecule has 0 amide bonds. The molecule has 0 aliphatic carbocycles. The molecule has 0 aromatic carbocycles. The third kappa shape index (κ3) is 8.10. The van der Waals surface area contributed by atoms with Crippen molar-refractivity contribution in [2.24, 2.45) is 0 Å². The Hall–Kier alpha value is -0.440. The number of aliphatic hydroxyl groups excluding tert-OH is 1. The Morgan fingerprint density at radius 3 is 1.38 bits per heavy atom. The van der Waals surface area contributed by atoms with Crippen molar-refractivity contribution in [1.29, 1.82) is 0 Å². The van der Waals surface area contributed by atoms with Gasteiger partial charge in [0.1, 0.15) is 54.9 Å². The van der Waals surface area contributed by atoms with Crippen LogP contribution in [0.1, 0.15) is 0 Å². The number of hydrogen-bond acceptors (Lipinski definition) is 11. The zero-order chi connectivity index (χ0) is 21.8. The van der Waals surface area contributed by atoms with Gasteiger partial charge in [0.15, 0.2) is 0 Å². The number of epoxide rings is 5. The van der Waals surface area contributed by atoms with Crippen molar-refractivity contribution in [2.75, 3.05) is 79.3 Å². The lowest BCUT2D eigenvalue weighted by Crippen LogP contribution is -2.53. The molecule has 0 radical (unpaired) electrons. The second-order valence-corrected chi connectivity index (χ2v) is 8.84. The van der Waals surface area contributed by atoms with Crippen molar-refractivity contribution in [2.45, 2.75) is 54.9 Å². The van der Waals surface area contributed by atoms with Gasteiger partial charge in [0.05, 0.1) is 79.3 Å². The molecule has 0 bridgehead atoms. The summed E-state index contributed by atoms with van der Waals surface area (Å²) in [4.78, 5) is 0. The van der Waals surface area contributed by atoms with Gasteiger partial charge in [0.25, 0.3) is 0 Å². The topological polar surface area (TPSA) is 129 Å². The Morgan fingerprint density at radius 2 is 0.938 bits per heavy atom. The Balaban J connectivity index is 1.27. The summed E-state index contributed by atoms with van der Waals surface area (Å²) in [6, 6.07) is 0. The average molecular weight is 462 g/mol. The largest absolute Gasteiger partial charge is 0.394 e. The highest BCUT2D eigenvalue weighted by Gasteiger charge is 2.42. The lowest BCUT2D eigenvalue weighted by molar-refractivity contribution is -0.197. The highest BCUT2D eigenvalue weighted by Crippen LogP contribution is 2.25. The minimum absolute atomic E-state index is 0.0542. The van der Waals surface area contributed by atoms with Crippen LogP contribution in [0.3, 0.4) is 0 Å². The maximum atomic E-state index is 10.2. The van der Waals surface area contributed by atoms with Crippen molar-refractivity contribution in [3.05, 3.63) is 0 Å². The van der Waals surface area contributed by atoms with E-state index in [0.717, 1.165) is 6.61 Å². The second kappa shape index (κ2) is 11.3. The van der Waals surface area contributed by atoms with Crippen molar-refractivity contribution < 1.29 is 52.5 Å². The predicted octanol–water partition coefficient (Wildman–Crippen LogP) is -1.47. The first kappa shape index (κ1) is 23.3. The molecule has 5 fully saturated rings. The lowest BCUT2D eigenvalue weighted by Gasteiger charge is -2.36. The zero-order valence-electron chi connectivity index (χ0n) is 18.2. The van der Waals surface area contributed by atoms with Gasteiger partial charge in [-0.1, -0.05) is 0 Å². The van der Waals surface area contributed by atoms with Crippen LogP contribution in [0.2, 0.25) is 0 Å². The number of hydrogen-bond donors (Lipinski definition) is 1. The van der Waals surface area contributed by atoms with Gasteiger partial charge in [-0.15, -0.1) is 0 Å². The summed E-state index contributed by atoms with van der Waals surface area (Å²) in [6.07, 6.45) is -1.78. The van der Waals surface area contributed by atoms with Gasteiger partial charge in [-0.25, -0.2) is 0 Å². The van der Waals surface area contributed by atoms with Gasteiger partial charge in [0.2, 0.25) is 0 Å². The highest BCUT2D eigenvalue weighted by molar-refractivity contribution is 4.89. The van der Waals surface area contributed by atoms with E-state index in [9.17, 15) is 5.11 Å². The molecule has 5 aliphatic heterocycles. The normalized spacial score (nSPS) is 35.7. The Bertz CT molecular complexity index is 560.